The van der Waals surface area contributed by atoms with Crippen LogP contribution < -0.4 is 10.0 Å². The fraction of sp³-hybridized carbons (Fsp3) is 0.312. The Kier molecular flexibility index (Phi) is 4.88. The van der Waals surface area contributed by atoms with Crippen LogP contribution in [0.5, 0.6) is 0 Å². The maximum absolute atomic E-state index is 13.2. The van der Waals surface area contributed by atoms with Gasteiger partial charge in [0.15, 0.2) is 11.6 Å². The van der Waals surface area contributed by atoms with Crippen LogP contribution in [0.15, 0.2) is 41.4 Å². The number of benzene rings is 1. The van der Waals surface area contributed by atoms with Crippen LogP contribution in [0.4, 0.5) is 20.3 Å². The number of hydrogen-bond donors (Lipinski definition) is 2. The van der Waals surface area contributed by atoms with E-state index in [1.807, 2.05) is 11.8 Å². The number of thioether (sulfide) groups is 1. The van der Waals surface area contributed by atoms with Crippen molar-refractivity contribution in [2.45, 2.75) is 22.5 Å². The number of nitrogens with one attached hydrogen (secondary N) is 2. The Hall–Kier alpha value is -1.87. The van der Waals surface area contributed by atoms with Gasteiger partial charge in [-0.3, -0.25) is 4.72 Å². The molecule has 0 atom stereocenters. The Morgan fingerprint density at radius 1 is 1.20 bits per heavy atom. The molecule has 0 bridgehead atoms. The zero-order valence-electron chi connectivity index (χ0n) is 13.4. The number of rotatable bonds is 7. The predicted octanol–water partition coefficient (Wildman–Crippen LogP) is 3.47. The fourth-order valence-electron chi connectivity index (χ4n) is 2.26. The monoisotopic (exact) mass is 385 g/mol. The predicted molar refractivity (Wildman–Crippen MR) is 95.4 cm³/mol. The first-order valence-electron chi connectivity index (χ1n) is 7.57. The lowest BCUT2D eigenvalue weighted by atomic mass is 10.3. The quantitative estimate of drug-likeness (QED) is 0.764. The maximum Gasteiger partial charge on any atom is 0.263 e. The van der Waals surface area contributed by atoms with Gasteiger partial charge in [-0.1, -0.05) is 0 Å². The summed E-state index contributed by atoms with van der Waals surface area (Å²) >= 11 is 1.81. The lowest BCUT2D eigenvalue weighted by molar-refractivity contribution is 0.509. The topological polar surface area (TPSA) is 71.1 Å². The van der Waals surface area contributed by atoms with Gasteiger partial charge in [-0.05, 0) is 43.4 Å². The largest absolute Gasteiger partial charge is 0.369 e. The molecule has 0 aliphatic heterocycles. The molecule has 2 aromatic rings. The first kappa shape index (κ1) is 17.9. The van der Waals surface area contributed by atoms with E-state index in [0.29, 0.717) is 5.82 Å². The van der Waals surface area contributed by atoms with E-state index < -0.39 is 21.7 Å². The molecule has 5 nitrogen and oxygen atoms in total. The van der Waals surface area contributed by atoms with Crippen molar-refractivity contribution in [1.29, 1.82) is 0 Å². The van der Waals surface area contributed by atoms with Gasteiger partial charge in [-0.25, -0.2) is 22.2 Å². The number of aromatic nitrogens is 1. The third-order valence-electron chi connectivity index (χ3n) is 4.05. The lowest BCUT2D eigenvalue weighted by Crippen LogP contribution is -2.18. The van der Waals surface area contributed by atoms with Gasteiger partial charge in [0, 0.05) is 23.6 Å². The van der Waals surface area contributed by atoms with E-state index in [4.69, 9.17) is 0 Å². The van der Waals surface area contributed by atoms with Crippen molar-refractivity contribution in [2.24, 2.45) is 0 Å². The van der Waals surface area contributed by atoms with E-state index in [0.717, 1.165) is 37.6 Å². The molecule has 0 amide bonds. The lowest BCUT2D eigenvalue weighted by Gasteiger charge is -2.14. The van der Waals surface area contributed by atoms with E-state index in [1.165, 1.54) is 12.3 Å². The zero-order valence-corrected chi connectivity index (χ0v) is 15.1. The summed E-state index contributed by atoms with van der Waals surface area (Å²) in [5, 5.41) is 3.20. The Balaban J connectivity index is 1.68. The Bertz CT molecular complexity index is 869. The molecule has 2 N–H and O–H groups in total. The summed E-state index contributed by atoms with van der Waals surface area (Å²) < 4.78 is 53.2. The van der Waals surface area contributed by atoms with Crippen LogP contribution in [0.2, 0.25) is 0 Å². The van der Waals surface area contributed by atoms with Gasteiger partial charge >= 0.3 is 0 Å². The molecule has 134 valence electrons. The molecular weight excluding hydrogens is 368 g/mol. The summed E-state index contributed by atoms with van der Waals surface area (Å²) in [5.41, 5.74) is -0.0586. The van der Waals surface area contributed by atoms with Crippen LogP contribution in [0.3, 0.4) is 0 Å². The molecule has 9 heteroatoms. The molecule has 0 unspecified atom stereocenters. The van der Waals surface area contributed by atoms with Crippen LogP contribution in [0, 0.1) is 11.6 Å². The number of anilines is 2. The van der Waals surface area contributed by atoms with Crippen molar-refractivity contribution in [1.82, 2.24) is 4.98 Å². The summed E-state index contributed by atoms with van der Waals surface area (Å²) in [6.45, 7) is 0.778. The molecule has 3 rings (SSSR count). The molecule has 1 fully saturated rings. The van der Waals surface area contributed by atoms with Crippen LogP contribution in [-0.4, -0.2) is 30.9 Å². The molecule has 25 heavy (non-hydrogen) atoms. The van der Waals surface area contributed by atoms with Crippen molar-refractivity contribution < 1.29 is 17.2 Å². The van der Waals surface area contributed by atoms with Crippen molar-refractivity contribution in [3.05, 3.63) is 48.2 Å². The highest BCUT2D eigenvalue weighted by Gasteiger charge is 2.41. The van der Waals surface area contributed by atoms with Crippen molar-refractivity contribution in [3.63, 3.8) is 0 Å². The Morgan fingerprint density at radius 2 is 1.96 bits per heavy atom. The van der Waals surface area contributed by atoms with Gasteiger partial charge in [-0.15, -0.1) is 0 Å². The summed E-state index contributed by atoms with van der Waals surface area (Å²) in [6.07, 6.45) is 5.61. The van der Waals surface area contributed by atoms with E-state index in [2.05, 4.69) is 21.3 Å². The van der Waals surface area contributed by atoms with Gasteiger partial charge in [-0.2, -0.15) is 11.8 Å². The SMILES string of the molecule is CSC1(CNc2ccc(S(=O)(=O)Nc3ccc(F)c(F)c3)cn2)CC1. The van der Waals surface area contributed by atoms with Crippen molar-refractivity contribution in [2.75, 3.05) is 22.8 Å². The van der Waals surface area contributed by atoms with Crippen LogP contribution in [0.1, 0.15) is 12.8 Å². The minimum Gasteiger partial charge on any atom is -0.369 e. The highest BCUT2D eigenvalue weighted by atomic mass is 32.2. The minimum atomic E-state index is -3.93. The molecule has 1 aliphatic rings. The van der Waals surface area contributed by atoms with Gasteiger partial charge in [0.05, 0.1) is 5.69 Å². The molecule has 1 aromatic heterocycles. The maximum atomic E-state index is 13.2. The van der Waals surface area contributed by atoms with Crippen molar-refractivity contribution in [3.8, 4) is 0 Å². The average molecular weight is 385 g/mol. The second kappa shape index (κ2) is 6.80. The number of halogens is 2. The third kappa shape index (κ3) is 4.21. The van der Waals surface area contributed by atoms with Crippen LogP contribution in [0.25, 0.3) is 0 Å². The molecule has 1 aromatic carbocycles. The fourth-order valence-corrected chi connectivity index (χ4v) is 3.98. The molecule has 0 radical (unpaired) electrons. The molecule has 0 saturated heterocycles. The molecular formula is C16H17F2N3O2S2. The summed E-state index contributed by atoms with van der Waals surface area (Å²) in [7, 11) is -3.93. The Labute approximate surface area is 149 Å². The number of sulfonamides is 1. The van der Waals surface area contributed by atoms with Crippen LogP contribution >= 0.6 is 11.8 Å². The number of pyridine rings is 1. The standard InChI is InChI=1S/C16H17F2N3O2S2/c1-24-16(6-7-16)10-20-15-5-3-12(9-19-15)25(22,23)21-11-2-4-13(17)14(18)8-11/h2-5,8-9,21H,6-7,10H2,1H3,(H,19,20). The second-order valence-electron chi connectivity index (χ2n) is 5.85. The first-order chi connectivity index (χ1) is 11.8. The first-order valence-corrected chi connectivity index (χ1v) is 10.3. The molecule has 1 aliphatic carbocycles. The van der Waals surface area contributed by atoms with E-state index in [1.54, 1.807) is 6.07 Å². The summed E-state index contributed by atoms with van der Waals surface area (Å²) in [4.78, 5) is 4.05. The highest BCUT2D eigenvalue weighted by molar-refractivity contribution is 8.00. The van der Waals surface area contributed by atoms with Crippen molar-refractivity contribution >= 4 is 33.3 Å². The van der Waals surface area contributed by atoms with Gasteiger partial charge in [0.25, 0.3) is 10.0 Å². The van der Waals surface area contributed by atoms with Gasteiger partial charge in [0.2, 0.25) is 0 Å². The smallest absolute Gasteiger partial charge is 0.263 e. The summed E-state index contributed by atoms with van der Waals surface area (Å²) in [5.74, 6) is -1.58. The minimum absolute atomic E-state index is 0.0586. The zero-order chi connectivity index (χ0) is 18.1. The van der Waals surface area contributed by atoms with E-state index in [-0.39, 0.29) is 15.3 Å². The normalized spacial score (nSPS) is 15.6. The molecule has 1 heterocycles. The summed E-state index contributed by atoms with van der Waals surface area (Å²) in [6, 6.07) is 5.79. The Morgan fingerprint density at radius 3 is 2.52 bits per heavy atom. The number of hydrogen-bond acceptors (Lipinski definition) is 5. The van der Waals surface area contributed by atoms with Gasteiger partial charge in [0.1, 0.15) is 10.7 Å². The number of nitrogens with zero attached hydrogens (tertiary/aromatic N) is 1. The van der Waals surface area contributed by atoms with Gasteiger partial charge < -0.3 is 5.32 Å². The average Bonchev–Trinajstić information content (AvgIpc) is 3.37. The van der Waals surface area contributed by atoms with E-state index >= 15 is 0 Å². The second-order valence-corrected chi connectivity index (χ2v) is 8.81. The molecule has 1 saturated carbocycles. The van der Waals surface area contributed by atoms with Crippen LogP contribution in [-0.2, 0) is 10.0 Å². The van der Waals surface area contributed by atoms with E-state index in [9.17, 15) is 17.2 Å². The highest BCUT2D eigenvalue weighted by Crippen LogP contribution is 2.46. The molecule has 0 spiro atoms. The third-order valence-corrected chi connectivity index (χ3v) is 6.84.